The van der Waals surface area contributed by atoms with E-state index in [9.17, 15) is 4.79 Å². The van der Waals surface area contributed by atoms with Crippen LogP contribution in [0.1, 0.15) is 5.56 Å². The van der Waals surface area contributed by atoms with E-state index in [4.69, 9.17) is 20.6 Å². The minimum absolute atomic E-state index is 0.147. The fourth-order valence-corrected chi connectivity index (χ4v) is 2.64. The van der Waals surface area contributed by atoms with Crippen LogP contribution in [0, 0.1) is 12.3 Å². The maximum absolute atomic E-state index is 11.9. The standard InChI is InChI=1S/C17H20BrN3O4/c1-3-6-25-16-10-14(18)13(9-15(16)23-2)11-19-20-17(22)12-21-4-7-24-8-5-21/h1,9-11H,4-8,12H2,2H3,(H,20,22). The predicted octanol–water partition coefficient (Wildman–Crippen LogP) is 1.25. The number of benzene rings is 1. The largest absolute Gasteiger partial charge is 0.493 e. The molecular formula is C17H20BrN3O4. The second kappa shape index (κ2) is 10.0. The first kappa shape index (κ1) is 19.2. The first-order valence-electron chi connectivity index (χ1n) is 7.70. The Hall–Kier alpha value is -2.08. The first-order chi connectivity index (χ1) is 12.1. The molecule has 1 aromatic rings. The van der Waals surface area contributed by atoms with E-state index in [1.807, 2.05) is 4.90 Å². The lowest BCUT2D eigenvalue weighted by atomic mass is 10.2. The van der Waals surface area contributed by atoms with Gasteiger partial charge in [-0.05, 0) is 28.1 Å². The highest BCUT2D eigenvalue weighted by Crippen LogP contribution is 2.32. The van der Waals surface area contributed by atoms with Crippen LogP contribution in [0.3, 0.4) is 0 Å². The lowest BCUT2D eigenvalue weighted by Gasteiger charge is -2.25. The molecule has 1 fully saturated rings. The van der Waals surface area contributed by atoms with Gasteiger partial charge in [0.25, 0.3) is 5.91 Å². The van der Waals surface area contributed by atoms with Crippen molar-refractivity contribution in [2.75, 3.05) is 46.6 Å². The van der Waals surface area contributed by atoms with E-state index in [2.05, 4.69) is 32.4 Å². The summed E-state index contributed by atoms with van der Waals surface area (Å²) in [6.07, 6.45) is 6.73. The van der Waals surface area contributed by atoms with Crippen molar-refractivity contribution in [3.63, 3.8) is 0 Å². The molecule has 0 aliphatic carbocycles. The predicted molar refractivity (Wildman–Crippen MR) is 98.0 cm³/mol. The van der Waals surface area contributed by atoms with Gasteiger partial charge in [0.2, 0.25) is 0 Å². The van der Waals surface area contributed by atoms with Gasteiger partial charge in [0.15, 0.2) is 11.5 Å². The Labute approximate surface area is 155 Å². The Morgan fingerprint density at radius 3 is 2.92 bits per heavy atom. The summed E-state index contributed by atoms with van der Waals surface area (Å²) in [5, 5.41) is 3.99. The van der Waals surface area contributed by atoms with E-state index in [0.717, 1.165) is 23.1 Å². The molecule has 1 aromatic carbocycles. The van der Waals surface area contributed by atoms with Crippen molar-refractivity contribution in [3.8, 4) is 23.8 Å². The number of hydrazone groups is 1. The van der Waals surface area contributed by atoms with Crippen molar-refractivity contribution in [2.45, 2.75) is 0 Å². The summed E-state index contributed by atoms with van der Waals surface area (Å²) in [4.78, 5) is 13.9. The van der Waals surface area contributed by atoms with Crippen LogP contribution in [0.25, 0.3) is 0 Å². The molecule has 25 heavy (non-hydrogen) atoms. The molecule has 134 valence electrons. The third-order valence-electron chi connectivity index (χ3n) is 3.46. The van der Waals surface area contributed by atoms with Crippen molar-refractivity contribution in [1.82, 2.24) is 10.3 Å². The van der Waals surface area contributed by atoms with Gasteiger partial charge < -0.3 is 14.2 Å². The summed E-state index contributed by atoms with van der Waals surface area (Å²) in [6, 6.07) is 3.49. The van der Waals surface area contributed by atoms with E-state index >= 15 is 0 Å². The molecule has 1 amide bonds. The van der Waals surface area contributed by atoms with Crippen molar-refractivity contribution in [1.29, 1.82) is 0 Å². The van der Waals surface area contributed by atoms with E-state index in [-0.39, 0.29) is 12.5 Å². The van der Waals surface area contributed by atoms with Crippen LogP contribution in [0.2, 0.25) is 0 Å². The van der Waals surface area contributed by atoms with Crippen LogP contribution in [0.15, 0.2) is 21.7 Å². The number of rotatable bonds is 7. The van der Waals surface area contributed by atoms with E-state index in [1.54, 1.807) is 12.1 Å². The van der Waals surface area contributed by atoms with Crippen LogP contribution in [0.4, 0.5) is 0 Å². The summed E-state index contributed by atoms with van der Waals surface area (Å²) >= 11 is 3.44. The number of hydrogen-bond donors (Lipinski definition) is 1. The van der Waals surface area contributed by atoms with Gasteiger partial charge in [-0.1, -0.05) is 5.92 Å². The number of hydrogen-bond acceptors (Lipinski definition) is 6. The van der Waals surface area contributed by atoms with Crippen LogP contribution in [0.5, 0.6) is 11.5 Å². The number of terminal acetylenes is 1. The van der Waals surface area contributed by atoms with E-state index in [0.29, 0.717) is 31.3 Å². The number of nitrogens with zero attached hydrogens (tertiary/aromatic N) is 2. The van der Waals surface area contributed by atoms with Gasteiger partial charge in [-0.15, -0.1) is 6.42 Å². The van der Waals surface area contributed by atoms with Gasteiger partial charge in [-0.2, -0.15) is 5.10 Å². The maximum atomic E-state index is 11.9. The second-order valence-electron chi connectivity index (χ2n) is 5.20. The molecule has 0 bridgehead atoms. The minimum atomic E-state index is -0.171. The maximum Gasteiger partial charge on any atom is 0.254 e. The van der Waals surface area contributed by atoms with Crippen LogP contribution >= 0.6 is 15.9 Å². The Morgan fingerprint density at radius 1 is 1.48 bits per heavy atom. The van der Waals surface area contributed by atoms with Gasteiger partial charge >= 0.3 is 0 Å². The fraction of sp³-hybridized carbons (Fsp3) is 0.412. The quantitative estimate of drug-likeness (QED) is 0.416. The first-order valence-corrected chi connectivity index (χ1v) is 8.49. The Morgan fingerprint density at radius 2 is 2.24 bits per heavy atom. The summed E-state index contributed by atoms with van der Waals surface area (Å²) in [7, 11) is 1.54. The van der Waals surface area contributed by atoms with Crippen molar-refractivity contribution < 1.29 is 19.0 Å². The van der Waals surface area contributed by atoms with Gasteiger partial charge in [0.05, 0.1) is 33.1 Å². The number of carbonyl (C=O) groups excluding carboxylic acids is 1. The molecule has 0 atom stereocenters. The average molecular weight is 410 g/mol. The molecule has 1 heterocycles. The third kappa shape index (κ3) is 6.05. The van der Waals surface area contributed by atoms with Crippen LogP contribution < -0.4 is 14.9 Å². The normalized spacial score (nSPS) is 14.9. The zero-order valence-corrected chi connectivity index (χ0v) is 15.5. The van der Waals surface area contributed by atoms with Crippen molar-refractivity contribution >= 4 is 28.1 Å². The minimum Gasteiger partial charge on any atom is -0.493 e. The number of nitrogens with one attached hydrogen (secondary N) is 1. The van der Waals surface area contributed by atoms with E-state index in [1.165, 1.54) is 13.3 Å². The molecule has 0 aromatic heterocycles. The number of halogens is 1. The molecule has 2 rings (SSSR count). The summed E-state index contributed by atoms with van der Waals surface area (Å²) in [6.45, 7) is 3.24. The van der Waals surface area contributed by atoms with E-state index < -0.39 is 0 Å². The molecule has 1 aliphatic rings. The summed E-state index contributed by atoms with van der Waals surface area (Å²) in [5.41, 5.74) is 3.25. The van der Waals surface area contributed by atoms with Gasteiger partial charge in [-0.25, -0.2) is 5.43 Å². The Kier molecular flexibility index (Phi) is 7.73. The van der Waals surface area contributed by atoms with Crippen molar-refractivity contribution in [2.24, 2.45) is 5.10 Å². The fourth-order valence-electron chi connectivity index (χ4n) is 2.21. The lowest BCUT2D eigenvalue weighted by molar-refractivity contribution is -0.123. The molecule has 0 radical (unpaired) electrons. The van der Waals surface area contributed by atoms with Crippen LogP contribution in [-0.4, -0.2) is 63.6 Å². The van der Waals surface area contributed by atoms with Gasteiger partial charge in [0, 0.05) is 23.1 Å². The topological polar surface area (TPSA) is 72.4 Å². The monoisotopic (exact) mass is 409 g/mol. The third-order valence-corrected chi connectivity index (χ3v) is 4.14. The molecule has 0 saturated carbocycles. The zero-order chi connectivity index (χ0) is 18.1. The van der Waals surface area contributed by atoms with Crippen LogP contribution in [-0.2, 0) is 9.53 Å². The number of morpholine rings is 1. The summed E-state index contributed by atoms with van der Waals surface area (Å²) < 4.78 is 16.7. The molecule has 1 aliphatic heterocycles. The SMILES string of the molecule is C#CCOc1cc(Br)c(C=NNC(=O)CN2CCOCC2)cc1OC. The van der Waals surface area contributed by atoms with Gasteiger partial charge in [0.1, 0.15) is 6.61 Å². The van der Waals surface area contributed by atoms with Gasteiger partial charge in [-0.3, -0.25) is 9.69 Å². The zero-order valence-electron chi connectivity index (χ0n) is 14.0. The number of methoxy groups -OCH3 is 1. The smallest absolute Gasteiger partial charge is 0.254 e. The molecule has 7 nitrogen and oxygen atoms in total. The number of ether oxygens (including phenoxy) is 3. The second-order valence-corrected chi connectivity index (χ2v) is 6.05. The number of carbonyl (C=O) groups is 1. The summed E-state index contributed by atoms with van der Waals surface area (Å²) in [5.74, 6) is 3.29. The Balaban J connectivity index is 1.95. The molecule has 1 N–H and O–H groups in total. The number of amides is 1. The molecule has 1 saturated heterocycles. The Bertz CT molecular complexity index is 667. The average Bonchev–Trinajstić information content (AvgIpc) is 2.62. The lowest BCUT2D eigenvalue weighted by Crippen LogP contribution is -2.42. The molecule has 8 heteroatoms. The van der Waals surface area contributed by atoms with Crippen molar-refractivity contribution in [3.05, 3.63) is 22.2 Å². The molecular weight excluding hydrogens is 390 g/mol. The molecule has 0 unspecified atom stereocenters. The highest BCUT2D eigenvalue weighted by Gasteiger charge is 2.13. The highest BCUT2D eigenvalue weighted by molar-refractivity contribution is 9.10. The highest BCUT2D eigenvalue weighted by atomic mass is 79.9. The molecule has 0 spiro atoms.